The van der Waals surface area contributed by atoms with E-state index in [2.05, 4.69) is 0 Å². The first-order valence-electron chi connectivity index (χ1n) is 7.38. The molecule has 3 aromatic rings. The standard InChI is InChI=1S/C18H12F3N3O2/c1-26-13-7-6-10-4-2-3-5-12(10)16(13)24-14(18(19,20)21)8-11(9-22)15(23)17(24)25/h2-8H,23H2,1H3. The Bertz CT molecular complexity index is 1110. The van der Waals surface area contributed by atoms with Crippen LogP contribution in [-0.2, 0) is 6.18 Å². The fourth-order valence-corrected chi connectivity index (χ4v) is 2.78. The van der Waals surface area contributed by atoms with Crippen LogP contribution in [0.15, 0.2) is 47.3 Å². The molecule has 0 aliphatic heterocycles. The minimum atomic E-state index is -4.89. The van der Waals surface area contributed by atoms with E-state index in [4.69, 9.17) is 15.7 Å². The van der Waals surface area contributed by atoms with E-state index in [0.717, 1.165) is 0 Å². The van der Waals surface area contributed by atoms with Crippen molar-refractivity contribution in [2.75, 3.05) is 12.8 Å². The monoisotopic (exact) mass is 359 g/mol. The maximum Gasteiger partial charge on any atom is 0.431 e. The first-order chi connectivity index (χ1) is 12.3. The van der Waals surface area contributed by atoms with Crippen molar-refractivity contribution in [2.24, 2.45) is 0 Å². The van der Waals surface area contributed by atoms with Crippen LogP contribution in [0.1, 0.15) is 11.3 Å². The fourth-order valence-electron chi connectivity index (χ4n) is 2.78. The highest BCUT2D eigenvalue weighted by atomic mass is 19.4. The average Bonchev–Trinajstić information content (AvgIpc) is 2.62. The Kier molecular flexibility index (Phi) is 4.08. The van der Waals surface area contributed by atoms with Crippen molar-refractivity contribution >= 4 is 16.5 Å². The third-order valence-corrected chi connectivity index (χ3v) is 3.96. The van der Waals surface area contributed by atoms with Crippen molar-refractivity contribution in [2.45, 2.75) is 6.18 Å². The second-order valence-corrected chi connectivity index (χ2v) is 5.44. The molecular formula is C18H12F3N3O2. The molecule has 1 aromatic heterocycles. The van der Waals surface area contributed by atoms with Crippen molar-refractivity contribution in [1.29, 1.82) is 5.26 Å². The molecule has 5 nitrogen and oxygen atoms in total. The van der Waals surface area contributed by atoms with Crippen molar-refractivity contribution in [3.8, 4) is 17.5 Å². The van der Waals surface area contributed by atoms with Crippen LogP contribution in [0.4, 0.5) is 18.9 Å². The largest absolute Gasteiger partial charge is 0.495 e. The van der Waals surface area contributed by atoms with Gasteiger partial charge in [-0.1, -0.05) is 30.3 Å². The van der Waals surface area contributed by atoms with Crippen molar-refractivity contribution < 1.29 is 17.9 Å². The summed E-state index contributed by atoms with van der Waals surface area (Å²) in [5.74, 6) is 0.0698. The Labute approximate surface area is 145 Å². The SMILES string of the molecule is COc1ccc2ccccc2c1-n1c(C(F)(F)F)cc(C#N)c(N)c1=O. The Hall–Kier alpha value is -3.47. The third kappa shape index (κ3) is 2.63. The third-order valence-electron chi connectivity index (χ3n) is 3.96. The van der Waals surface area contributed by atoms with Gasteiger partial charge in [-0.3, -0.25) is 9.36 Å². The second kappa shape index (κ2) is 6.11. The summed E-state index contributed by atoms with van der Waals surface area (Å²) >= 11 is 0. The van der Waals surface area contributed by atoms with E-state index in [1.54, 1.807) is 30.3 Å². The molecule has 0 unspecified atom stereocenters. The number of benzene rings is 2. The fraction of sp³-hybridized carbons (Fsp3) is 0.111. The predicted octanol–water partition coefficient (Wildman–Crippen LogP) is 3.47. The highest BCUT2D eigenvalue weighted by Crippen LogP contribution is 2.37. The lowest BCUT2D eigenvalue weighted by Gasteiger charge is -2.20. The number of nitrogen functional groups attached to an aromatic ring is 1. The number of ether oxygens (including phenoxy) is 1. The molecule has 0 bridgehead atoms. The number of halogens is 3. The van der Waals surface area contributed by atoms with Gasteiger partial charge >= 0.3 is 6.18 Å². The van der Waals surface area contributed by atoms with Crippen LogP contribution in [0.2, 0.25) is 0 Å². The molecule has 132 valence electrons. The van der Waals surface area contributed by atoms with E-state index in [1.807, 2.05) is 0 Å². The molecule has 8 heteroatoms. The number of hydrogen-bond donors (Lipinski definition) is 1. The second-order valence-electron chi connectivity index (χ2n) is 5.44. The number of hydrogen-bond acceptors (Lipinski definition) is 4. The minimum absolute atomic E-state index is 0.0698. The molecule has 1 heterocycles. The van der Waals surface area contributed by atoms with Gasteiger partial charge in [0, 0.05) is 5.39 Å². The molecule has 0 aliphatic rings. The van der Waals surface area contributed by atoms with Crippen molar-refractivity contribution in [3.63, 3.8) is 0 Å². The number of pyridine rings is 1. The number of rotatable bonds is 2. The summed E-state index contributed by atoms with van der Waals surface area (Å²) in [7, 11) is 1.29. The number of aromatic nitrogens is 1. The highest BCUT2D eigenvalue weighted by molar-refractivity contribution is 5.93. The van der Waals surface area contributed by atoms with Gasteiger partial charge in [0.15, 0.2) is 0 Å². The summed E-state index contributed by atoms with van der Waals surface area (Å²) in [5.41, 5.74) is 2.01. The van der Waals surface area contributed by atoms with Crippen molar-refractivity contribution in [3.05, 3.63) is 64.1 Å². The van der Waals surface area contributed by atoms with Crippen LogP contribution in [0, 0.1) is 11.3 Å². The van der Waals surface area contributed by atoms with Gasteiger partial charge in [0.25, 0.3) is 5.56 Å². The summed E-state index contributed by atoms with van der Waals surface area (Å²) in [6.45, 7) is 0. The number of nitrogens with zero attached hydrogens (tertiary/aromatic N) is 2. The van der Waals surface area contributed by atoms with Crippen LogP contribution in [0.25, 0.3) is 16.5 Å². The molecule has 0 spiro atoms. The molecule has 2 N–H and O–H groups in total. The van der Waals surface area contributed by atoms with Gasteiger partial charge < -0.3 is 10.5 Å². The maximum atomic E-state index is 13.6. The van der Waals surface area contributed by atoms with Gasteiger partial charge in [0.05, 0.1) is 18.4 Å². The van der Waals surface area contributed by atoms with Crippen molar-refractivity contribution in [1.82, 2.24) is 4.57 Å². The average molecular weight is 359 g/mol. The molecule has 3 rings (SSSR count). The van der Waals surface area contributed by atoms with E-state index >= 15 is 0 Å². The maximum absolute atomic E-state index is 13.6. The van der Waals surface area contributed by atoms with Gasteiger partial charge in [-0.15, -0.1) is 0 Å². The lowest BCUT2D eigenvalue weighted by atomic mass is 10.1. The van der Waals surface area contributed by atoms with Gasteiger partial charge in [-0.2, -0.15) is 18.4 Å². The molecular weight excluding hydrogens is 347 g/mol. The van der Waals surface area contributed by atoms with Crippen LogP contribution >= 0.6 is 0 Å². The molecule has 0 amide bonds. The van der Waals surface area contributed by atoms with Gasteiger partial charge in [0.1, 0.15) is 23.2 Å². The van der Waals surface area contributed by atoms with Crippen LogP contribution in [-0.4, -0.2) is 11.7 Å². The minimum Gasteiger partial charge on any atom is -0.495 e. The summed E-state index contributed by atoms with van der Waals surface area (Å²) in [5, 5.41) is 9.99. The molecule has 0 fully saturated rings. The lowest BCUT2D eigenvalue weighted by molar-refractivity contribution is -0.142. The van der Waals surface area contributed by atoms with Gasteiger partial charge in [-0.25, -0.2) is 0 Å². The molecule has 0 saturated carbocycles. The topological polar surface area (TPSA) is 81.0 Å². The van der Waals surface area contributed by atoms with Gasteiger partial charge in [0.2, 0.25) is 0 Å². The smallest absolute Gasteiger partial charge is 0.431 e. The number of fused-ring (bicyclic) bond motifs is 1. The molecule has 0 aliphatic carbocycles. The number of methoxy groups -OCH3 is 1. The molecule has 0 radical (unpaired) electrons. The Morgan fingerprint density at radius 2 is 1.88 bits per heavy atom. The lowest BCUT2D eigenvalue weighted by Crippen LogP contribution is -2.30. The number of anilines is 1. The molecule has 26 heavy (non-hydrogen) atoms. The Morgan fingerprint density at radius 1 is 1.19 bits per heavy atom. The van der Waals surface area contributed by atoms with Crippen LogP contribution in [0.3, 0.4) is 0 Å². The van der Waals surface area contributed by atoms with Gasteiger partial charge in [-0.05, 0) is 17.5 Å². The Morgan fingerprint density at radius 3 is 2.50 bits per heavy atom. The number of nitriles is 1. The highest BCUT2D eigenvalue weighted by Gasteiger charge is 2.37. The summed E-state index contributed by atoms with van der Waals surface area (Å²) in [4.78, 5) is 12.7. The molecule has 0 atom stereocenters. The van der Waals surface area contributed by atoms with E-state index in [0.29, 0.717) is 21.4 Å². The quantitative estimate of drug-likeness (QED) is 0.760. The number of nitrogens with two attached hydrogens (primary N) is 1. The zero-order valence-corrected chi connectivity index (χ0v) is 13.5. The normalized spacial score (nSPS) is 11.3. The number of alkyl halides is 3. The molecule has 0 saturated heterocycles. The predicted molar refractivity (Wildman–Crippen MR) is 90.2 cm³/mol. The first kappa shape index (κ1) is 17.4. The van der Waals surface area contributed by atoms with E-state index in [-0.39, 0.29) is 11.4 Å². The van der Waals surface area contributed by atoms with E-state index in [1.165, 1.54) is 19.2 Å². The van der Waals surface area contributed by atoms with E-state index < -0.39 is 28.7 Å². The first-order valence-corrected chi connectivity index (χ1v) is 7.38. The zero-order valence-electron chi connectivity index (χ0n) is 13.5. The summed E-state index contributed by atoms with van der Waals surface area (Å²) < 4.78 is 46.6. The van der Waals surface area contributed by atoms with Crippen LogP contribution < -0.4 is 16.0 Å². The van der Waals surface area contributed by atoms with Crippen LogP contribution in [0.5, 0.6) is 5.75 Å². The summed E-state index contributed by atoms with van der Waals surface area (Å²) in [6.07, 6.45) is -4.89. The summed E-state index contributed by atoms with van der Waals surface area (Å²) in [6, 6.07) is 11.9. The molecule has 2 aromatic carbocycles. The van der Waals surface area contributed by atoms with E-state index in [9.17, 15) is 18.0 Å². The Balaban J connectivity index is 2.57. The zero-order chi connectivity index (χ0) is 19.1.